The number of carboxylic acid groups (broad SMARTS) is 1. The first kappa shape index (κ1) is 13.9. The number of nitrogens with one attached hydrogen (secondary N) is 1. The average Bonchev–Trinajstić information content (AvgIpc) is 2.14. The number of carbonyl (C=O) groups is 2. The van der Waals surface area contributed by atoms with E-state index in [-0.39, 0.29) is 12.6 Å². The summed E-state index contributed by atoms with van der Waals surface area (Å²) in [6.45, 7) is 5.09. The average molecular weight is 217 g/mol. The maximum Gasteiger partial charge on any atom is 0.315 e. The first-order valence-electron chi connectivity index (χ1n) is 5.02. The number of rotatable bonds is 6. The maximum atomic E-state index is 11.3. The van der Waals surface area contributed by atoms with Crippen molar-refractivity contribution in [2.24, 2.45) is 11.8 Å². The zero-order valence-electron chi connectivity index (χ0n) is 9.36. The summed E-state index contributed by atoms with van der Waals surface area (Å²) >= 11 is 0. The predicted octanol–water partition coefficient (Wildman–Crippen LogP) is 0.230. The number of aliphatic carboxylic acids is 1. The Kier molecular flexibility index (Phi) is 5.93. The molecule has 88 valence electrons. The van der Waals surface area contributed by atoms with E-state index >= 15 is 0 Å². The van der Waals surface area contributed by atoms with Crippen molar-refractivity contribution in [3.63, 3.8) is 0 Å². The maximum absolute atomic E-state index is 11.3. The quantitative estimate of drug-likeness (QED) is 0.556. The Morgan fingerprint density at radius 1 is 1.27 bits per heavy atom. The van der Waals surface area contributed by atoms with Gasteiger partial charge < -0.3 is 15.5 Å². The predicted molar refractivity (Wildman–Crippen MR) is 55.3 cm³/mol. The standard InChI is InChI=1S/C10H19NO4/c1-6(2)4-8(5-12)11-9(13)7(3)10(14)15/h6-8,12H,4-5H2,1-3H3,(H,11,13)(H,14,15). The lowest BCUT2D eigenvalue weighted by molar-refractivity contribution is -0.146. The lowest BCUT2D eigenvalue weighted by Gasteiger charge is -2.19. The van der Waals surface area contributed by atoms with Gasteiger partial charge in [-0.15, -0.1) is 0 Å². The summed E-state index contributed by atoms with van der Waals surface area (Å²) in [5.74, 6) is -2.45. The Hall–Kier alpha value is -1.10. The van der Waals surface area contributed by atoms with Gasteiger partial charge in [0.15, 0.2) is 0 Å². The van der Waals surface area contributed by atoms with Gasteiger partial charge in [0.1, 0.15) is 5.92 Å². The molecule has 15 heavy (non-hydrogen) atoms. The monoisotopic (exact) mass is 217 g/mol. The van der Waals surface area contributed by atoms with Crippen LogP contribution in [0.4, 0.5) is 0 Å². The van der Waals surface area contributed by atoms with Gasteiger partial charge in [0.2, 0.25) is 5.91 Å². The van der Waals surface area contributed by atoms with E-state index in [9.17, 15) is 9.59 Å². The largest absolute Gasteiger partial charge is 0.481 e. The molecule has 0 spiro atoms. The fraction of sp³-hybridized carbons (Fsp3) is 0.800. The second-order valence-corrected chi connectivity index (χ2v) is 4.08. The number of carboxylic acids is 1. The summed E-state index contributed by atoms with van der Waals surface area (Å²) in [4.78, 5) is 21.8. The van der Waals surface area contributed by atoms with Crippen LogP contribution in [0.15, 0.2) is 0 Å². The molecule has 2 unspecified atom stereocenters. The highest BCUT2D eigenvalue weighted by Crippen LogP contribution is 2.05. The summed E-state index contributed by atoms with van der Waals surface area (Å²) in [6.07, 6.45) is 0.634. The fourth-order valence-corrected chi connectivity index (χ4v) is 1.19. The summed E-state index contributed by atoms with van der Waals surface area (Å²) in [7, 11) is 0. The molecule has 0 saturated heterocycles. The smallest absolute Gasteiger partial charge is 0.315 e. The highest BCUT2D eigenvalue weighted by molar-refractivity contribution is 5.96. The third-order valence-corrected chi connectivity index (χ3v) is 2.09. The van der Waals surface area contributed by atoms with Crippen LogP contribution in [0.25, 0.3) is 0 Å². The minimum atomic E-state index is -1.16. The van der Waals surface area contributed by atoms with Gasteiger partial charge in [-0.1, -0.05) is 13.8 Å². The Labute approximate surface area is 89.5 Å². The van der Waals surface area contributed by atoms with E-state index < -0.39 is 17.8 Å². The second kappa shape index (κ2) is 6.40. The van der Waals surface area contributed by atoms with Crippen molar-refractivity contribution >= 4 is 11.9 Å². The van der Waals surface area contributed by atoms with Crippen LogP contribution < -0.4 is 5.32 Å². The molecule has 0 aromatic heterocycles. The van der Waals surface area contributed by atoms with Gasteiger partial charge in [-0.05, 0) is 19.3 Å². The molecule has 5 heteroatoms. The highest BCUT2D eigenvalue weighted by atomic mass is 16.4. The van der Waals surface area contributed by atoms with E-state index in [4.69, 9.17) is 10.2 Å². The van der Waals surface area contributed by atoms with E-state index in [2.05, 4.69) is 5.32 Å². The van der Waals surface area contributed by atoms with Crippen molar-refractivity contribution in [2.45, 2.75) is 33.2 Å². The van der Waals surface area contributed by atoms with Crippen LogP contribution in [0.1, 0.15) is 27.2 Å². The first-order chi connectivity index (χ1) is 6.88. The lowest BCUT2D eigenvalue weighted by atomic mass is 10.0. The molecular formula is C10H19NO4. The summed E-state index contributed by atoms with van der Waals surface area (Å²) in [6, 6.07) is -0.362. The van der Waals surface area contributed by atoms with Gasteiger partial charge in [-0.2, -0.15) is 0 Å². The Bertz CT molecular complexity index is 227. The molecule has 0 aliphatic heterocycles. The van der Waals surface area contributed by atoms with Crippen molar-refractivity contribution in [3.05, 3.63) is 0 Å². The molecule has 3 N–H and O–H groups in total. The number of aliphatic hydroxyl groups is 1. The highest BCUT2D eigenvalue weighted by Gasteiger charge is 2.23. The molecule has 0 radical (unpaired) electrons. The third-order valence-electron chi connectivity index (χ3n) is 2.09. The number of hydrogen-bond acceptors (Lipinski definition) is 3. The molecule has 2 atom stereocenters. The van der Waals surface area contributed by atoms with E-state index in [0.29, 0.717) is 12.3 Å². The van der Waals surface area contributed by atoms with Gasteiger partial charge in [0.05, 0.1) is 12.6 Å². The summed E-state index contributed by atoms with van der Waals surface area (Å²) < 4.78 is 0. The minimum Gasteiger partial charge on any atom is -0.481 e. The zero-order valence-corrected chi connectivity index (χ0v) is 9.36. The second-order valence-electron chi connectivity index (χ2n) is 4.08. The normalized spacial score (nSPS) is 14.7. The van der Waals surface area contributed by atoms with Crippen LogP contribution >= 0.6 is 0 Å². The molecular weight excluding hydrogens is 198 g/mol. The van der Waals surface area contributed by atoms with Gasteiger partial charge in [0.25, 0.3) is 0 Å². The Morgan fingerprint density at radius 3 is 2.13 bits per heavy atom. The minimum absolute atomic E-state index is 0.170. The summed E-state index contributed by atoms with van der Waals surface area (Å²) in [5.41, 5.74) is 0. The fourth-order valence-electron chi connectivity index (χ4n) is 1.19. The van der Waals surface area contributed by atoms with Gasteiger partial charge in [-0.3, -0.25) is 9.59 Å². The van der Waals surface area contributed by atoms with Crippen LogP contribution in [-0.4, -0.2) is 34.7 Å². The molecule has 5 nitrogen and oxygen atoms in total. The molecule has 0 aromatic rings. The molecule has 0 aliphatic carbocycles. The SMILES string of the molecule is CC(C)CC(CO)NC(=O)C(C)C(=O)O. The van der Waals surface area contributed by atoms with Crippen LogP contribution in [0, 0.1) is 11.8 Å². The Morgan fingerprint density at radius 2 is 1.80 bits per heavy atom. The number of amides is 1. The molecule has 0 rings (SSSR count). The van der Waals surface area contributed by atoms with E-state index in [1.807, 2.05) is 13.8 Å². The van der Waals surface area contributed by atoms with Crippen molar-refractivity contribution in [1.82, 2.24) is 5.32 Å². The molecule has 0 aliphatic rings. The lowest BCUT2D eigenvalue weighted by Crippen LogP contribution is -2.43. The molecule has 0 aromatic carbocycles. The van der Waals surface area contributed by atoms with E-state index in [1.165, 1.54) is 6.92 Å². The molecule has 0 bridgehead atoms. The summed E-state index contributed by atoms with van der Waals surface area (Å²) in [5, 5.41) is 20.1. The van der Waals surface area contributed by atoms with Gasteiger partial charge in [-0.25, -0.2) is 0 Å². The van der Waals surface area contributed by atoms with Gasteiger partial charge in [0, 0.05) is 0 Å². The molecule has 1 amide bonds. The number of carbonyl (C=O) groups excluding carboxylic acids is 1. The van der Waals surface area contributed by atoms with Crippen LogP contribution in [0.3, 0.4) is 0 Å². The topological polar surface area (TPSA) is 86.6 Å². The van der Waals surface area contributed by atoms with Gasteiger partial charge >= 0.3 is 5.97 Å². The van der Waals surface area contributed by atoms with Crippen molar-refractivity contribution < 1.29 is 19.8 Å². The van der Waals surface area contributed by atoms with Crippen molar-refractivity contribution in [2.75, 3.05) is 6.61 Å². The van der Waals surface area contributed by atoms with Crippen LogP contribution in [0.5, 0.6) is 0 Å². The zero-order chi connectivity index (χ0) is 12.0. The Balaban J connectivity index is 4.18. The van der Waals surface area contributed by atoms with E-state index in [1.54, 1.807) is 0 Å². The van der Waals surface area contributed by atoms with Crippen LogP contribution in [0.2, 0.25) is 0 Å². The first-order valence-corrected chi connectivity index (χ1v) is 5.02. The number of hydrogen-bond donors (Lipinski definition) is 3. The van der Waals surface area contributed by atoms with E-state index in [0.717, 1.165) is 0 Å². The van der Waals surface area contributed by atoms with Crippen molar-refractivity contribution in [3.8, 4) is 0 Å². The van der Waals surface area contributed by atoms with Crippen molar-refractivity contribution in [1.29, 1.82) is 0 Å². The van der Waals surface area contributed by atoms with Crippen LogP contribution in [-0.2, 0) is 9.59 Å². The third kappa shape index (κ3) is 5.37. The molecule has 0 saturated carbocycles. The molecule has 0 fully saturated rings. The number of aliphatic hydroxyl groups excluding tert-OH is 1. The molecule has 0 heterocycles.